The van der Waals surface area contributed by atoms with E-state index in [0.717, 1.165) is 109 Å². The van der Waals surface area contributed by atoms with Crippen molar-refractivity contribution in [3.8, 4) is 0 Å². The van der Waals surface area contributed by atoms with Crippen molar-refractivity contribution in [3.63, 3.8) is 0 Å². The number of rotatable bonds is 45. The van der Waals surface area contributed by atoms with Gasteiger partial charge in [-0.3, -0.25) is 9.59 Å². The van der Waals surface area contributed by atoms with Crippen molar-refractivity contribution in [1.82, 2.24) is 5.32 Å². The summed E-state index contributed by atoms with van der Waals surface area (Å²) < 4.78 is 17.5. The molecule has 1 aliphatic heterocycles. The van der Waals surface area contributed by atoms with Gasteiger partial charge in [0.05, 0.1) is 25.4 Å². The number of allylic oxidation sites excluding steroid dienone is 13. The zero-order valence-electron chi connectivity index (χ0n) is 44.1. The van der Waals surface area contributed by atoms with E-state index in [4.69, 9.17) is 14.2 Å². The molecule has 0 aromatic heterocycles. The van der Waals surface area contributed by atoms with Gasteiger partial charge in [0, 0.05) is 6.42 Å². The van der Waals surface area contributed by atoms with Crippen LogP contribution in [0.4, 0.5) is 0 Å². The second kappa shape index (κ2) is 46.9. The third-order valence-corrected chi connectivity index (χ3v) is 12.5. The van der Waals surface area contributed by atoms with Crippen LogP contribution in [-0.2, 0) is 23.8 Å². The number of nitrogens with one attached hydrogen (secondary N) is 1. The van der Waals surface area contributed by atoms with Crippen LogP contribution in [0, 0.1) is 0 Å². The monoisotopic (exact) mass is 984 g/mol. The van der Waals surface area contributed by atoms with Gasteiger partial charge < -0.3 is 45.1 Å². The number of unbranched alkanes of at least 4 members (excludes halogenated alkanes) is 19. The van der Waals surface area contributed by atoms with Gasteiger partial charge in [0.15, 0.2) is 12.4 Å². The first-order valence-corrected chi connectivity index (χ1v) is 27.9. The number of esters is 1. The Kier molecular flexibility index (Phi) is 43.4. The molecule has 1 aliphatic rings. The summed E-state index contributed by atoms with van der Waals surface area (Å²) in [5.41, 5.74) is 0. The van der Waals surface area contributed by atoms with Crippen LogP contribution in [-0.4, -0.2) is 99.6 Å². The van der Waals surface area contributed by atoms with E-state index in [9.17, 15) is 35.1 Å². The van der Waals surface area contributed by atoms with Crippen molar-refractivity contribution in [2.75, 3.05) is 13.2 Å². The van der Waals surface area contributed by atoms with E-state index < -0.39 is 67.4 Å². The van der Waals surface area contributed by atoms with Gasteiger partial charge in [-0.15, -0.1) is 0 Å². The summed E-state index contributed by atoms with van der Waals surface area (Å²) in [7, 11) is 0. The minimum Gasteiger partial charge on any atom is -0.454 e. The van der Waals surface area contributed by atoms with E-state index >= 15 is 0 Å². The van der Waals surface area contributed by atoms with Crippen LogP contribution in [0.25, 0.3) is 0 Å². The molecule has 0 radical (unpaired) electrons. The molecule has 1 amide bonds. The number of ether oxygens (including phenoxy) is 3. The van der Waals surface area contributed by atoms with Crippen LogP contribution in [0.15, 0.2) is 85.1 Å². The molecule has 0 aromatic carbocycles. The lowest BCUT2D eigenvalue weighted by atomic mass is 9.99. The molecular weight excluding hydrogens is 883 g/mol. The summed E-state index contributed by atoms with van der Waals surface area (Å²) in [6.07, 6.45) is 49.1. The van der Waals surface area contributed by atoms with E-state index in [1.807, 2.05) is 6.08 Å². The third-order valence-electron chi connectivity index (χ3n) is 12.5. The molecule has 1 fully saturated rings. The molecule has 1 heterocycles. The van der Waals surface area contributed by atoms with E-state index in [2.05, 4.69) is 99.0 Å². The first-order valence-electron chi connectivity index (χ1n) is 27.9. The van der Waals surface area contributed by atoms with Crippen molar-refractivity contribution in [2.24, 2.45) is 0 Å². The first-order chi connectivity index (χ1) is 34.2. The van der Waals surface area contributed by atoms with Gasteiger partial charge in [-0.05, 0) is 96.3 Å². The highest BCUT2D eigenvalue weighted by Gasteiger charge is 2.47. The Labute approximate surface area is 425 Å². The van der Waals surface area contributed by atoms with Gasteiger partial charge in [0.2, 0.25) is 5.91 Å². The predicted octanol–water partition coefficient (Wildman–Crippen LogP) is 12.2. The van der Waals surface area contributed by atoms with Crippen molar-refractivity contribution >= 4 is 11.9 Å². The second-order valence-electron chi connectivity index (χ2n) is 18.9. The molecule has 0 aromatic rings. The fourth-order valence-corrected chi connectivity index (χ4v) is 8.08. The van der Waals surface area contributed by atoms with Crippen LogP contribution < -0.4 is 5.32 Å². The van der Waals surface area contributed by atoms with Crippen LogP contribution in [0.3, 0.4) is 0 Å². The van der Waals surface area contributed by atoms with Crippen LogP contribution in [0.1, 0.15) is 213 Å². The van der Waals surface area contributed by atoms with Gasteiger partial charge >= 0.3 is 5.97 Å². The summed E-state index contributed by atoms with van der Waals surface area (Å²) in [4.78, 5) is 26.4. The van der Waals surface area contributed by atoms with Gasteiger partial charge in [0.25, 0.3) is 0 Å². The average molecular weight is 984 g/mol. The number of amides is 1. The molecule has 402 valence electrons. The molecule has 8 atom stereocenters. The average Bonchev–Trinajstić information content (AvgIpc) is 3.36. The predicted molar refractivity (Wildman–Crippen MR) is 287 cm³/mol. The Hall–Kier alpha value is -3.16. The van der Waals surface area contributed by atoms with E-state index in [-0.39, 0.29) is 19.4 Å². The highest BCUT2D eigenvalue weighted by Crippen LogP contribution is 2.26. The lowest BCUT2D eigenvalue weighted by molar-refractivity contribution is -0.305. The zero-order chi connectivity index (χ0) is 51.1. The fraction of sp³-hybridized carbons (Fsp3) is 0.729. The first kappa shape index (κ1) is 64.9. The lowest BCUT2D eigenvalue weighted by Crippen LogP contribution is -2.61. The normalized spacial score (nSPS) is 20.4. The van der Waals surface area contributed by atoms with Crippen LogP contribution in [0.2, 0.25) is 0 Å². The number of aliphatic hydroxyl groups excluding tert-OH is 5. The Morgan fingerprint density at radius 1 is 0.571 bits per heavy atom. The van der Waals surface area contributed by atoms with Crippen molar-refractivity contribution in [2.45, 2.75) is 262 Å². The summed E-state index contributed by atoms with van der Waals surface area (Å²) in [5.74, 6) is -1.25. The highest BCUT2D eigenvalue weighted by molar-refractivity contribution is 5.80. The number of hydrogen-bond acceptors (Lipinski definition) is 10. The maximum Gasteiger partial charge on any atom is 0.306 e. The van der Waals surface area contributed by atoms with Crippen LogP contribution >= 0.6 is 0 Å². The number of carbonyl (C=O) groups is 2. The highest BCUT2D eigenvalue weighted by atomic mass is 16.7. The third kappa shape index (κ3) is 35.0. The summed E-state index contributed by atoms with van der Waals surface area (Å²) >= 11 is 0. The Morgan fingerprint density at radius 3 is 1.57 bits per heavy atom. The van der Waals surface area contributed by atoms with Gasteiger partial charge in [-0.25, -0.2) is 0 Å². The quantitative estimate of drug-likeness (QED) is 0.0196. The Balaban J connectivity index is 2.77. The molecule has 0 spiro atoms. The second-order valence-corrected chi connectivity index (χ2v) is 18.9. The topological polar surface area (TPSA) is 175 Å². The molecule has 1 saturated heterocycles. The largest absolute Gasteiger partial charge is 0.454 e. The van der Waals surface area contributed by atoms with Gasteiger partial charge in [0.1, 0.15) is 24.4 Å². The van der Waals surface area contributed by atoms with Crippen molar-refractivity contribution in [1.29, 1.82) is 0 Å². The Morgan fingerprint density at radius 2 is 1.03 bits per heavy atom. The van der Waals surface area contributed by atoms with Gasteiger partial charge in [-0.2, -0.15) is 0 Å². The number of aliphatic hydroxyl groups is 5. The molecule has 6 N–H and O–H groups in total. The smallest absolute Gasteiger partial charge is 0.306 e. The van der Waals surface area contributed by atoms with Gasteiger partial charge in [-0.1, -0.05) is 196 Å². The summed E-state index contributed by atoms with van der Waals surface area (Å²) in [5, 5.41) is 56.7. The van der Waals surface area contributed by atoms with E-state index in [0.29, 0.717) is 12.8 Å². The minimum absolute atomic E-state index is 0.0912. The van der Waals surface area contributed by atoms with E-state index in [1.165, 1.54) is 57.8 Å². The number of carbonyl (C=O) groups excluding carboxylic acids is 2. The molecule has 0 aliphatic carbocycles. The summed E-state index contributed by atoms with van der Waals surface area (Å²) in [6.45, 7) is 5.58. The summed E-state index contributed by atoms with van der Waals surface area (Å²) in [6, 6.07) is -1.04. The van der Waals surface area contributed by atoms with Crippen LogP contribution in [0.5, 0.6) is 0 Å². The maximum absolute atomic E-state index is 13.3. The molecule has 8 unspecified atom stereocenters. The lowest BCUT2D eigenvalue weighted by Gasteiger charge is -2.41. The molecule has 11 heteroatoms. The molecule has 11 nitrogen and oxygen atoms in total. The SMILES string of the molecule is CC/C=C/C/C=C/C/C=C/CCCCCC(O)C(=O)NC(COC1OC(CO)C(O)C(O)C1OC(=O)CCCCCC/C=C\C/C=C\C/C=C\CCCCC)C(O)/C=C/CCCCCCCCCCC. The number of hydrogen-bond donors (Lipinski definition) is 6. The fourth-order valence-electron chi connectivity index (χ4n) is 8.08. The zero-order valence-corrected chi connectivity index (χ0v) is 44.1. The van der Waals surface area contributed by atoms with Crippen molar-refractivity contribution < 1.29 is 49.3 Å². The minimum atomic E-state index is -1.63. The molecule has 0 saturated carbocycles. The standard InChI is InChI=1S/C59H101NO10/c1-4-7-10-13-16-19-22-24-25-26-27-29-32-35-38-41-44-47-54(64)70-57-56(66)55(65)53(48-61)69-59(57)68-49-50(51(62)45-42-39-36-33-30-21-18-15-12-9-6-3)60-58(67)52(63)46-43-40-37-34-31-28-23-20-17-14-11-8-5-2/h8,11,16-17,19-20,24-25,27-29,31,42,45,50-53,55-57,59,61-63,65-66H,4-7,9-10,12-15,18,21-23,26,30,32-41,43-44,46-49H2,1-3H3,(H,60,67)/b11-8+,19-16-,20-17+,25-24-,29-27-,31-28+,45-42+. The van der Waals surface area contributed by atoms with Crippen molar-refractivity contribution in [3.05, 3.63) is 85.1 Å². The molecule has 0 bridgehead atoms. The molecular formula is C59H101NO10. The Bertz CT molecular complexity index is 1460. The molecule has 70 heavy (non-hydrogen) atoms. The maximum atomic E-state index is 13.3. The molecule has 1 rings (SSSR count). The van der Waals surface area contributed by atoms with E-state index in [1.54, 1.807) is 6.08 Å².